The lowest BCUT2D eigenvalue weighted by molar-refractivity contribution is 0.0702. The number of hydrogen-bond donors (Lipinski definition) is 0. The minimum Gasteiger partial charge on any atom is -0.335 e. The van der Waals surface area contributed by atoms with Gasteiger partial charge in [-0.2, -0.15) is 4.31 Å². The molecule has 134 valence electrons. The summed E-state index contributed by atoms with van der Waals surface area (Å²) in [5, 5.41) is 0. The fraction of sp³-hybridized carbons (Fsp3) is 0.353. The lowest BCUT2D eigenvalue weighted by atomic mass is 10.3. The van der Waals surface area contributed by atoms with E-state index in [1.54, 1.807) is 35.2 Å². The number of piperazine rings is 1. The Bertz CT molecular complexity index is 857. The molecule has 0 unspecified atom stereocenters. The van der Waals surface area contributed by atoms with Crippen LogP contribution in [0.15, 0.2) is 45.8 Å². The number of rotatable bonds is 4. The second kappa shape index (κ2) is 7.57. The van der Waals surface area contributed by atoms with Crippen molar-refractivity contribution in [2.24, 2.45) is 0 Å². The summed E-state index contributed by atoms with van der Waals surface area (Å²) in [7, 11) is -3.49. The number of carbonyl (C=O) groups excluding carboxylic acids is 1. The lowest BCUT2D eigenvalue weighted by Gasteiger charge is -2.33. The molecule has 1 saturated heterocycles. The molecule has 0 spiro atoms. The van der Waals surface area contributed by atoms with Crippen molar-refractivity contribution in [2.45, 2.75) is 18.2 Å². The average Bonchev–Trinajstić information content (AvgIpc) is 3.02. The normalized spacial score (nSPS) is 16.2. The summed E-state index contributed by atoms with van der Waals surface area (Å²) < 4.78 is 27.7. The van der Waals surface area contributed by atoms with Crippen LogP contribution in [0.5, 0.6) is 0 Å². The molecule has 2 aromatic rings. The van der Waals surface area contributed by atoms with Crippen molar-refractivity contribution in [1.82, 2.24) is 9.21 Å². The second-order valence-electron chi connectivity index (χ2n) is 5.74. The predicted molar refractivity (Wildman–Crippen MR) is 103 cm³/mol. The molecule has 2 heterocycles. The van der Waals surface area contributed by atoms with E-state index in [9.17, 15) is 13.2 Å². The van der Waals surface area contributed by atoms with E-state index in [0.29, 0.717) is 36.0 Å². The Hall–Kier alpha value is -1.22. The van der Waals surface area contributed by atoms with E-state index in [2.05, 4.69) is 22.9 Å². The topological polar surface area (TPSA) is 57.7 Å². The smallest absolute Gasteiger partial charge is 0.264 e. The number of thiophene rings is 1. The summed E-state index contributed by atoms with van der Waals surface area (Å²) >= 11 is 4.98. The quantitative estimate of drug-likeness (QED) is 0.729. The first-order valence-corrected chi connectivity index (χ1v) is 11.1. The van der Waals surface area contributed by atoms with Crippen molar-refractivity contribution in [2.75, 3.05) is 26.2 Å². The highest BCUT2D eigenvalue weighted by Gasteiger charge is 2.30. The number of aryl methyl sites for hydroxylation is 1. The first-order chi connectivity index (χ1) is 11.9. The van der Waals surface area contributed by atoms with Gasteiger partial charge in [0.15, 0.2) is 0 Å². The van der Waals surface area contributed by atoms with Crippen molar-refractivity contribution in [3.63, 3.8) is 0 Å². The summed E-state index contributed by atoms with van der Waals surface area (Å²) in [6.07, 6.45) is 0.877. The van der Waals surface area contributed by atoms with E-state index in [1.807, 2.05) is 6.07 Å². The highest BCUT2D eigenvalue weighted by molar-refractivity contribution is 9.10. The summed E-state index contributed by atoms with van der Waals surface area (Å²) in [4.78, 5) is 16.5. The summed E-state index contributed by atoms with van der Waals surface area (Å²) in [6.45, 7) is 3.49. The van der Waals surface area contributed by atoms with Gasteiger partial charge in [-0.3, -0.25) is 4.79 Å². The highest BCUT2D eigenvalue weighted by atomic mass is 79.9. The predicted octanol–water partition coefficient (Wildman–Crippen LogP) is 3.22. The minimum atomic E-state index is -3.49. The Morgan fingerprint density at radius 3 is 2.36 bits per heavy atom. The number of halogens is 1. The monoisotopic (exact) mass is 442 g/mol. The fourth-order valence-electron chi connectivity index (χ4n) is 2.78. The van der Waals surface area contributed by atoms with Gasteiger partial charge >= 0.3 is 0 Å². The molecule has 3 rings (SSSR count). The zero-order valence-electron chi connectivity index (χ0n) is 13.8. The van der Waals surface area contributed by atoms with Crippen LogP contribution in [0, 0.1) is 0 Å². The van der Waals surface area contributed by atoms with Crippen molar-refractivity contribution >= 4 is 43.2 Å². The molecule has 0 N–H and O–H groups in total. The van der Waals surface area contributed by atoms with Gasteiger partial charge in [0, 0.05) is 35.5 Å². The lowest BCUT2D eigenvalue weighted by Crippen LogP contribution is -2.50. The molecular formula is C17H19BrN2O3S2. The second-order valence-corrected chi connectivity index (χ2v) is 9.67. The van der Waals surface area contributed by atoms with Crippen molar-refractivity contribution in [3.05, 3.63) is 50.6 Å². The fourth-order valence-corrected chi connectivity index (χ4v) is 6.09. The van der Waals surface area contributed by atoms with Gasteiger partial charge in [0.1, 0.15) is 0 Å². The maximum atomic E-state index is 12.7. The molecule has 5 nitrogen and oxygen atoms in total. The van der Waals surface area contributed by atoms with Gasteiger partial charge in [0.05, 0.1) is 9.77 Å². The van der Waals surface area contributed by atoms with Crippen LogP contribution >= 0.6 is 27.3 Å². The van der Waals surface area contributed by atoms with Crippen LogP contribution in [-0.2, 0) is 16.4 Å². The third kappa shape index (κ3) is 3.81. The SMILES string of the molecule is CCc1sc(C(=O)N2CCN(S(=O)(=O)c3ccccc3)CC2)cc1Br. The number of benzene rings is 1. The van der Waals surface area contributed by atoms with E-state index in [0.717, 1.165) is 15.8 Å². The zero-order valence-corrected chi connectivity index (χ0v) is 17.0. The maximum absolute atomic E-state index is 12.7. The molecule has 0 atom stereocenters. The molecule has 1 aliphatic heterocycles. The zero-order chi connectivity index (χ0) is 18.0. The Labute approximate surface area is 160 Å². The molecule has 1 aromatic carbocycles. The highest BCUT2D eigenvalue weighted by Crippen LogP contribution is 2.29. The summed E-state index contributed by atoms with van der Waals surface area (Å²) in [5.74, 6) is -0.0258. The molecule has 0 bridgehead atoms. The molecule has 8 heteroatoms. The van der Waals surface area contributed by atoms with Gasteiger partial charge < -0.3 is 4.90 Å². The van der Waals surface area contributed by atoms with Crippen LogP contribution < -0.4 is 0 Å². The van der Waals surface area contributed by atoms with Crippen LogP contribution in [0.2, 0.25) is 0 Å². The van der Waals surface area contributed by atoms with Crippen LogP contribution in [0.1, 0.15) is 21.5 Å². The molecule has 0 aliphatic carbocycles. The van der Waals surface area contributed by atoms with Crippen molar-refractivity contribution in [1.29, 1.82) is 0 Å². The molecule has 25 heavy (non-hydrogen) atoms. The molecule has 0 radical (unpaired) electrons. The molecule has 1 amide bonds. The van der Waals surface area contributed by atoms with Gasteiger partial charge in [-0.25, -0.2) is 8.42 Å². The van der Waals surface area contributed by atoms with Gasteiger partial charge in [-0.05, 0) is 40.5 Å². The number of sulfonamides is 1. The van der Waals surface area contributed by atoms with Gasteiger partial charge in [-0.15, -0.1) is 11.3 Å². The van der Waals surface area contributed by atoms with Gasteiger partial charge in [0.2, 0.25) is 10.0 Å². The molecule has 1 aromatic heterocycles. The minimum absolute atomic E-state index is 0.0258. The average molecular weight is 443 g/mol. The largest absolute Gasteiger partial charge is 0.335 e. The van der Waals surface area contributed by atoms with Crippen molar-refractivity contribution in [3.8, 4) is 0 Å². The van der Waals surface area contributed by atoms with E-state index in [4.69, 9.17) is 0 Å². The third-order valence-electron chi connectivity index (χ3n) is 4.20. The van der Waals surface area contributed by atoms with E-state index < -0.39 is 10.0 Å². The number of carbonyl (C=O) groups is 1. The van der Waals surface area contributed by atoms with Crippen LogP contribution in [0.4, 0.5) is 0 Å². The van der Waals surface area contributed by atoms with Crippen LogP contribution in [0.3, 0.4) is 0 Å². The number of nitrogens with zero attached hydrogens (tertiary/aromatic N) is 2. The molecule has 0 saturated carbocycles. The van der Waals surface area contributed by atoms with Crippen molar-refractivity contribution < 1.29 is 13.2 Å². The van der Waals surface area contributed by atoms with E-state index >= 15 is 0 Å². The first-order valence-electron chi connectivity index (χ1n) is 8.06. The number of amides is 1. The molecule has 1 aliphatic rings. The summed E-state index contributed by atoms with van der Waals surface area (Å²) in [5.41, 5.74) is 0. The van der Waals surface area contributed by atoms with Crippen LogP contribution in [0.25, 0.3) is 0 Å². The van der Waals surface area contributed by atoms with Gasteiger partial charge in [0.25, 0.3) is 5.91 Å². The third-order valence-corrected chi connectivity index (χ3v) is 8.35. The van der Waals surface area contributed by atoms with E-state index in [1.165, 1.54) is 15.6 Å². The molecule has 1 fully saturated rings. The standard InChI is InChI=1S/C17H19BrN2O3S2/c1-2-15-14(18)12-16(24-15)17(21)19-8-10-20(11-9-19)25(22,23)13-6-4-3-5-7-13/h3-7,12H,2,8-11H2,1H3. The van der Waals surface area contributed by atoms with Gasteiger partial charge in [-0.1, -0.05) is 25.1 Å². The first kappa shape index (κ1) is 18.6. The van der Waals surface area contributed by atoms with Crippen LogP contribution in [-0.4, -0.2) is 49.7 Å². The Morgan fingerprint density at radius 2 is 1.80 bits per heavy atom. The molecular weight excluding hydrogens is 424 g/mol. The number of hydrogen-bond acceptors (Lipinski definition) is 4. The Balaban J connectivity index is 1.68. The Kier molecular flexibility index (Phi) is 5.62. The Morgan fingerprint density at radius 1 is 1.16 bits per heavy atom. The summed E-state index contributed by atoms with van der Waals surface area (Å²) in [6, 6.07) is 10.3. The maximum Gasteiger partial charge on any atom is 0.264 e. The van der Waals surface area contributed by atoms with E-state index in [-0.39, 0.29) is 5.91 Å².